The lowest BCUT2D eigenvalue weighted by molar-refractivity contribution is -0.181. The van der Waals surface area contributed by atoms with Crippen molar-refractivity contribution in [3.63, 3.8) is 0 Å². The highest BCUT2D eigenvalue weighted by molar-refractivity contribution is 7.92. The van der Waals surface area contributed by atoms with Crippen molar-refractivity contribution >= 4 is 27.4 Å². The van der Waals surface area contributed by atoms with Crippen LogP contribution in [0.5, 0.6) is 5.75 Å². The second kappa shape index (κ2) is 6.52. The van der Waals surface area contributed by atoms with Crippen molar-refractivity contribution in [3.8, 4) is 5.75 Å². The fourth-order valence-electron chi connectivity index (χ4n) is 1.46. The lowest BCUT2D eigenvalue weighted by Crippen LogP contribution is -2.35. The standard InChI is InChI=1S/C10H11F3N2O5S/c1-21(17,18)15(5-9(16)20-13)8-3-2-6(4-7(8)14)19-10(11)12/h2-4,10H,5,14H2,1H3. The monoisotopic (exact) mass is 328 g/mol. The van der Waals surface area contributed by atoms with Crippen LogP contribution in [0, 0.1) is 0 Å². The first-order valence-corrected chi connectivity index (χ1v) is 7.13. The van der Waals surface area contributed by atoms with Gasteiger partial charge in [0, 0.05) is 10.6 Å². The smallest absolute Gasteiger partial charge is 0.387 e. The van der Waals surface area contributed by atoms with Gasteiger partial charge in [-0.05, 0) is 12.1 Å². The zero-order valence-corrected chi connectivity index (χ0v) is 11.4. The number of alkyl halides is 2. The first-order valence-electron chi connectivity index (χ1n) is 5.28. The highest BCUT2D eigenvalue weighted by atomic mass is 32.2. The fraction of sp³-hybridized carbons (Fsp3) is 0.300. The average molecular weight is 328 g/mol. The Labute approximate surface area is 118 Å². The van der Waals surface area contributed by atoms with Gasteiger partial charge in [-0.2, -0.15) is 8.78 Å². The molecule has 0 saturated heterocycles. The summed E-state index contributed by atoms with van der Waals surface area (Å²) in [6.07, 6.45) is 0.752. The summed E-state index contributed by atoms with van der Waals surface area (Å²) in [6.45, 7) is -4.04. The van der Waals surface area contributed by atoms with Crippen molar-refractivity contribution < 1.29 is 36.2 Å². The normalized spacial score (nSPS) is 11.3. The third kappa shape index (κ3) is 4.70. The minimum Gasteiger partial charge on any atom is -0.435 e. The van der Waals surface area contributed by atoms with E-state index in [0.717, 1.165) is 24.5 Å². The number of benzene rings is 1. The molecule has 21 heavy (non-hydrogen) atoms. The molecule has 0 saturated carbocycles. The summed E-state index contributed by atoms with van der Waals surface area (Å²) in [5.41, 5.74) is 5.07. The van der Waals surface area contributed by atoms with Gasteiger partial charge in [-0.1, -0.05) is 0 Å². The van der Waals surface area contributed by atoms with Gasteiger partial charge in [-0.25, -0.2) is 13.2 Å². The molecule has 1 aromatic carbocycles. The molecule has 118 valence electrons. The molecule has 11 heteroatoms. The molecule has 0 aromatic heterocycles. The van der Waals surface area contributed by atoms with Gasteiger partial charge in [0.25, 0.3) is 0 Å². The molecule has 1 rings (SSSR count). The minimum absolute atomic E-state index is 0.204. The maximum atomic E-state index is 12.0. The summed E-state index contributed by atoms with van der Waals surface area (Å²) in [6, 6.07) is 3.01. The molecular formula is C10H11F3N2O5S. The number of hydrogen-bond donors (Lipinski definition) is 1. The van der Waals surface area contributed by atoms with Crippen molar-refractivity contribution in [3.05, 3.63) is 18.2 Å². The van der Waals surface area contributed by atoms with E-state index in [0.29, 0.717) is 4.31 Å². The van der Waals surface area contributed by atoms with Crippen LogP contribution < -0.4 is 14.8 Å². The van der Waals surface area contributed by atoms with E-state index < -0.39 is 29.1 Å². The number of hydrogen-bond acceptors (Lipinski definition) is 6. The van der Waals surface area contributed by atoms with Gasteiger partial charge in [-0.15, -0.1) is 0 Å². The molecule has 7 nitrogen and oxygen atoms in total. The van der Waals surface area contributed by atoms with Crippen molar-refractivity contribution in [2.24, 2.45) is 0 Å². The predicted molar refractivity (Wildman–Crippen MR) is 66.9 cm³/mol. The van der Waals surface area contributed by atoms with E-state index in [-0.39, 0.29) is 17.1 Å². The third-order valence-corrected chi connectivity index (χ3v) is 3.38. The molecule has 0 bridgehead atoms. The van der Waals surface area contributed by atoms with Crippen molar-refractivity contribution in [2.45, 2.75) is 6.61 Å². The number of sulfonamides is 1. The second-order valence-electron chi connectivity index (χ2n) is 3.82. The van der Waals surface area contributed by atoms with Crippen LogP contribution in [0.1, 0.15) is 0 Å². The van der Waals surface area contributed by atoms with Crippen LogP contribution in [-0.4, -0.2) is 33.8 Å². The summed E-state index contributed by atoms with van der Waals surface area (Å²) < 4.78 is 63.6. The Hall–Kier alpha value is -2.17. The Morgan fingerprint density at radius 1 is 1.43 bits per heavy atom. The first kappa shape index (κ1) is 16.9. The highest BCUT2D eigenvalue weighted by Crippen LogP contribution is 2.30. The summed E-state index contributed by atoms with van der Waals surface area (Å²) in [5.74, 6) is -1.76. The number of rotatable bonds is 6. The zero-order chi connectivity index (χ0) is 16.2. The van der Waals surface area contributed by atoms with Crippen LogP contribution in [0.3, 0.4) is 0 Å². The summed E-state index contributed by atoms with van der Waals surface area (Å²) in [4.78, 5) is 13.8. The average Bonchev–Trinajstić information content (AvgIpc) is 2.34. The number of carbonyl (C=O) groups excluding carboxylic acids is 1. The second-order valence-corrected chi connectivity index (χ2v) is 5.72. The SMILES string of the molecule is CS(=O)(=O)N(CC(=O)OF)c1ccc(OC(F)F)cc1N. The molecular weight excluding hydrogens is 317 g/mol. The number of halogens is 3. The Morgan fingerprint density at radius 2 is 2.05 bits per heavy atom. The Balaban J connectivity index is 3.17. The molecule has 0 aliphatic rings. The van der Waals surface area contributed by atoms with E-state index in [1.807, 2.05) is 0 Å². The Bertz CT molecular complexity index is 623. The molecule has 0 radical (unpaired) electrons. The number of nitrogen functional groups attached to an aromatic ring is 1. The van der Waals surface area contributed by atoms with Crippen LogP contribution in [0.25, 0.3) is 0 Å². The number of anilines is 2. The van der Waals surface area contributed by atoms with Gasteiger partial charge in [0.15, 0.2) is 0 Å². The van der Waals surface area contributed by atoms with Gasteiger partial charge < -0.3 is 10.5 Å². The molecule has 0 aliphatic carbocycles. The van der Waals surface area contributed by atoms with E-state index in [4.69, 9.17) is 5.73 Å². The molecule has 1 aromatic rings. The zero-order valence-electron chi connectivity index (χ0n) is 10.6. The maximum absolute atomic E-state index is 12.0. The van der Waals surface area contributed by atoms with Crippen molar-refractivity contribution in [1.29, 1.82) is 0 Å². The van der Waals surface area contributed by atoms with E-state index in [2.05, 4.69) is 9.68 Å². The quantitative estimate of drug-likeness (QED) is 0.784. The van der Waals surface area contributed by atoms with Crippen molar-refractivity contribution in [1.82, 2.24) is 0 Å². The Kier molecular flexibility index (Phi) is 5.24. The molecule has 0 atom stereocenters. The van der Waals surface area contributed by atoms with Crippen LogP contribution in [0.15, 0.2) is 18.2 Å². The van der Waals surface area contributed by atoms with E-state index in [1.54, 1.807) is 0 Å². The van der Waals surface area contributed by atoms with Crippen molar-refractivity contribution in [2.75, 3.05) is 22.8 Å². The number of nitrogens with two attached hydrogens (primary N) is 1. The van der Waals surface area contributed by atoms with E-state index >= 15 is 0 Å². The van der Waals surface area contributed by atoms with Gasteiger partial charge in [0.1, 0.15) is 12.3 Å². The van der Waals surface area contributed by atoms with Gasteiger partial charge in [-0.3, -0.25) is 9.25 Å². The Morgan fingerprint density at radius 3 is 2.48 bits per heavy atom. The molecule has 0 aliphatic heterocycles. The molecule has 2 N–H and O–H groups in total. The number of ether oxygens (including phenoxy) is 1. The number of nitrogens with zero attached hydrogens (tertiary/aromatic N) is 1. The van der Waals surface area contributed by atoms with Crippen LogP contribution in [0.4, 0.5) is 24.7 Å². The summed E-state index contributed by atoms with van der Waals surface area (Å²) in [7, 11) is -3.98. The topological polar surface area (TPSA) is 98.9 Å². The summed E-state index contributed by atoms with van der Waals surface area (Å²) in [5, 5.41) is 0. The lowest BCUT2D eigenvalue weighted by atomic mass is 10.2. The van der Waals surface area contributed by atoms with Gasteiger partial charge >= 0.3 is 12.6 Å². The molecule has 0 fully saturated rings. The van der Waals surface area contributed by atoms with Crippen LogP contribution in [0.2, 0.25) is 0 Å². The maximum Gasteiger partial charge on any atom is 0.387 e. The predicted octanol–water partition coefficient (Wildman–Crippen LogP) is 1.06. The molecule has 0 amide bonds. The van der Waals surface area contributed by atoms with Gasteiger partial charge in [0.05, 0.1) is 17.6 Å². The highest BCUT2D eigenvalue weighted by Gasteiger charge is 2.24. The molecule has 0 unspecified atom stereocenters. The summed E-state index contributed by atoms with van der Waals surface area (Å²) >= 11 is 0. The van der Waals surface area contributed by atoms with Crippen LogP contribution >= 0.6 is 0 Å². The number of carbonyl (C=O) groups is 1. The van der Waals surface area contributed by atoms with Gasteiger partial charge in [0.2, 0.25) is 10.0 Å². The largest absolute Gasteiger partial charge is 0.435 e. The first-order chi connectivity index (χ1) is 9.65. The third-order valence-electron chi connectivity index (χ3n) is 2.25. The minimum atomic E-state index is -3.98. The van der Waals surface area contributed by atoms with E-state index in [9.17, 15) is 26.5 Å². The fourth-order valence-corrected chi connectivity index (χ4v) is 2.32. The lowest BCUT2D eigenvalue weighted by Gasteiger charge is -2.22. The van der Waals surface area contributed by atoms with Crippen LogP contribution in [-0.2, 0) is 19.8 Å². The molecule has 0 heterocycles. The molecule has 0 spiro atoms. The van der Waals surface area contributed by atoms with E-state index in [1.165, 1.54) is 0 Å².